The van der Waals surface area contributed by atoms with Gasteiger partial charge in [0.25, 0.3) is 0 Å². The van der Waals surface area contributed by atoms with Crippen LogP contribution in [0.5, 0.6) is 0 Å². The molecule has 1 aromatic carbocycles. The normalized spacial score (nSPS) is 8.89. The van der Waals surface area contributed by atoms with Crippen molar-refractivity contribution in [2.24, 2.45) is 0 Å². The molecule has 0 heterocycles. The van der Waals surface area contributed by atoms with Crippen LogP contribution in [0.25, 0.3) is 0 Å². The summed E-state index contributed by atoms with van der Waals surface area (Å²) in [6, 6.07) is 8.06. The van der Waals surface area contributed by atoms with Crippen molar-refractivity contribution in [3.05, 3.63) is 35.9 Å². The van der Waals surface area contributed by atoms with E-state index in [1.54, 1.807) is 18.2 Å². The van der Waals surface area contributed by atoms with Gasteiger partial charge in [0.15, 0.2) is 0 Å². The fourth-order valence-electron chi connectivity index (χ4n) is 0.574. The maximum Gasteiger partial charge on any atom is 0.386 e. The fourth-order valence-corrected chi connectivity index (χ4v) is 0.574. The van der Waals surface area contributed by atoms with Crippen LogP contribution in [0.1, 0.15) is 10.4 Å². The molecular formula is C7H5O2. The fraction of sp³-hybridized carbons (Fsp3) is 0. The van der Waals surface area contributed by atoms with Gasteiger partial charge >= 0.3 is 5.97 Å². The van der Waals surface area contributed by atoms with Crippen molar-refractivity contribution in [2.45, 2.75) is 0 Å². The summed E-state index contributed by atoms with van der Waals surface area (Å²) < 4.78 is 0. The number of hydrogen-bond donors (Lipinski definition) is 0. The summed E-state index contributed by atoms with van der Waals surface area (Å²) in [6.45, 7) is 0. The third-order valence-electron chi connectivity index (χ3n) is 1.01. The van der Waals surface area contributed by atoms with Crippen molar-refractivity contribution in [1.29, 1.82) is 0 Å². The molecule has 1 aromatic rings. The van der Waals surface area contributed by atoms with Gasteiger partial charge < -0.3 is 0 Å². The number of benzene rings is 1. The van der Waals surface area contributed by atoms with Crippen molar-refractivity contribution < 1.29 is 9.90 Å². The third kappa shape index (κ3) is 1.29. The van der Waals surface area contributed by atoms with Crippen LogP contribution in [0.15, 0.2) is 30.3 Å². The highest BCUT2D eigenvalue weighted by Gasteiger charge is 1.99. The molecule has 0 aliphatic heterocycles. The van der Waals surface area contributed by atoms with Crippen LogP contribution < -0.4 is 0 Å². The minimum Gasteiger partial charge on any atom is -0.242 e. The Morgan fingerprint density at radius 1 is 1.22 bits per heavy atom. The molecule has 2 heteroatoms. The van der Waals surface area contributed by atoms with E-state index in [0.29, 0.717) is 0 Å². The molecule has 45 valence electrons. The van der Waals surface area contributed by atoms with Gasteiger partial charge in [-0.05, 0) is 12.1 Å². The van der Waals surface area contributed by atoms with Gasteiger partial charge in [-0.15, -0.1) is 0 Å². The summed E-state index contributed by atoms with van der Waals surface area (Å²) in [6.07, 6.45) is 0. The molecule has 0 aromatic heterocycles. The van der Waals surface area contributed by atoms with Gasteiger partial charge in [0.2, 0.25) is 0 Å². The van der Waals surface area contributed by atoms with Crippen molar-refractivity contribution in [2.75, 3.05) is 0 Å². The Morgan fingerprint density at radius 2 is 1.78 bits per heavy atom. The molecule has 0 saturated heterocycles. The molecule has 1 rings (SSSR count). The van der Waals surface area contributed by atoms with Crippen LogP contribution in [0.2, 0.25) is 0 Å². The molecule has 0 spiro atoms. The third-order valence-corrected chi connectivity index (χ3v) is 1.01. The topological polar surface area (TPSA) is 37.0 Å². The average molecular weight is 110 g/mol. The predicted octanol–water partition coefficient (Wildman–Crippen LogP) is 1.26. The largest absolute Gasteiger partial charge is 0.386 e. The lowest BCUT2D eigenvalue weighted by Crippen LogP contribution is -1.91. The predicted molar refractivity (Wildman–Crippen MR) is 31.5 cm³/mol. The molecule has 0 N–H and O–H groups in total. The zero-order valence-electron chi connectivity index (χ0n) is 4.70. The lowest BCUT2D eigenvalue weighted by atomic mass is 4.86. The van der Waals surface area contributed by atoms with Crippen LogP contribution in [0.3, 0.4) is 0 Å². The molecule has 0 bridgehead atoms. The molecule has 0 atom stereocenters. The van der Waals surface area contributed by atoms with Crippen LogP contribution in [-0.2, 0) is 5.11 Å². The highest BCUT2D eigenvalue weighted by molar-refractivity contribution is 5.86. The number of carbonyl (C=O) groups excluding carboxylic acids is 1. The van der Waals surface area contributed by atoms with E-state index in [0.717, 1.165) is 0 Å². The Balaban J connectivity index is 2.98. The van der Waals surface area contributed by atoms with Gasteiger partial charge in [-0.1, -0.05) is 18.2 Å². The summed E-state index contributed by atoms with van der Waals surface area (Å²) in [5.41, 5.74) is 0.220. The van der Waals surface area contributed by atoms with Crippen molar-refractivity contribution >= 4 is 5.97 Å². The molecule has 0 amide bonds. The first-order valence-corrected chi connectivity index (χ1v) is 2.57. The highest BCUT2D eigenvalue weighted by Crippen LogP contribution is 1.96. The smallest absolute Gasteiger partial charge is 0.242 e. The van der Waals surface area contributed by atoms with E-state index in [4.69, 9.17) is 0 Å². The quantitative estimate of drug-likeness (QED) is 0.536. The SMILES string of the molecule is O=C([5O])c1ccccc1. The molecule has 0 saturated carbocycles. The Kier molecular flexibility index (Phi) is 1.49. The molecule has 0 aliphatic rings. The number of hydrogen-bond acceptors (Lipinski definition) is 1. The molecule has 0 aliphatic carbocycles. The second kappa shape index (κ2) is 2.31. The second-order valence-electron chi connectivity index (χ2n) is 1.65. The van der Waals surface area contributed by atoms with Gasteiger partial charge in [-0.25, -0.2) is 9.90 Å². The van der Waals surface area contributed by atoms with E-state index in [1.807, 2.05) is 0 Å². The van der Waals surface area contributed by atoms with E-state index >= 15 is 0 Å². The molecule has 0 unspecified atom stereocenters. The molecule has 2 nitrogen and oxygen atoms in total. The highest BCUT2D eigenvalue weighted by atomic mass is 16.1. The van der Waals surface area contributed by atoms with Gasteiger partial charge in [0.05, 0.1) is 5.56 Å². The summed E-state index contributed by atoms with van der Waals surface area (Å²) in [5, 5.41) is 10.1. The zero-order chi connectivity index (χ0) is 6.69. The molecule has 1 radical (unpaired) electrons. The van der Waals surface area contributed by atoms with Crippen LogP contribution in [0, 0.1) is 0 Å². The monoisotopic (exact) mass is 110 g/mol. The van der Waals surface area contributed by atoms with Gasteiger partial charge in [-0.3, -0.25) is 0 Å². The van der Waals surface area contributed by atoms with E-state index in [9.17, 15) is 9.90 Å². The minimum absolute atomic E-state index is 0.220. The van der Waals surface area contributed by atoms with E-state index in [-0.39, 0.29) is 5.56 Å². The lowest BCUT2D eigenvalue weighted by molar-refractivity contribution is 0.0573. The Morgan fingerprint density at radius 3 is 2.11 bits per heavy atom. The van der Waals surface area contributed by atoms with Gasteiger partial charge in [0.1, 0.15) is 0 Å². The maximum absolute atomic E-state index is 10.1. The van der Waals surface area contributed by atoms with E-state index in [1.165, 1.54) is 12.1 Å². The Hall–Kier alpha value is -1.31. The minimum atomic E-state index is -1.13. The zero-order valence-corrected chi connectivity index (χ0v) is 4.70. The first-order chi connectivity index (χ1) is 4.30. The first-order valence-electron chi connectivity index (χ1n) is 2.57. The lowest BCUT2D eigenvalue weighted by Gasteiger charge is -1.85. The maximum atomic E-state index is 10.1. The Labute approximate surface area is 52.8 Å². The first kappa shape index (κ1) is 5.82. The summed E-state index contributed by atoms with van der Waals surface area (Å²) >= 11 is 0. The van der Waals surface area contributed by atoms with Crippen molar-refractivity contribution in [1.82, 2.24) is 0 Å². The number of rotatable bonds is 1. The standard InChI is InChI=1S/C7H5O2/c8-7(9)6-4-2-1-3-5-6/h1-5H/i8-11. The van der Waals surface area contributed by atoms with Gasteiger partial charge in [-0.2, -0.15) is 0 Å². The summed E-state index contributed by atoms with van der Waals surface area (Å²) in [5.74, 6) is -1.13. The molecular weight excluding hydrogens is 105 g/mol. The van der Waals surface area contributed by atoms with Crippen LogP contribution in [-0.4, -0.2) is 5.97 Å². The van der Waals surface area contributed by atoms with E-state index < -0.39 is 5.97 Å². The number of carbonyl (C=O) groups is 1. The van der Waals surface area contributed by atoms with Crippen molar-refractivity contribution in [3.8, 4) is 0 Å². The Bertz CT molecular complexity index is 203. The molecule has 9 heavy (non-hydrogen) atoms. The van der Waals surface area contributed by atoms with Crippen LogP contribution in [0.4, 0.5) is 0 Å². The summed E-state index contributed by atoms with van der Waals surface area (Å²) in [4.78, 5) is 10.1. The molecule has 0 fully saturated rings. The van der Waals surface area contributed by atoms with E-state index in [2.05, 4.69) is 0 Å². The van der Waals surface area contributed by atoms with Crippen molar-refractivity contribution in [3.63, 3.8) is 0 Å². The van der Waals surface area contributed by atoms with Crippen LogP contribution >= 0.6 is 0 Å². The van der Waals surface area contributed by atoms with Gasteiger partial charge in [0, 0.05) is 0 Å². The summed E-state index contributed by atoms with van der Waals surface area (Å²) in [7, 11) is 0. The average Bonchev–Trinajstić information content (AvgIpc) is 1.90. The second-order valence-corrected chi connectivity index (χ2v) is 1.65.